The first-order valence-electron chi connectivity index (χ1n) is 5.04. The molecule has 16 heavy (non-hydrogen) atoms. The second-order valence-electron chi connectivity index (χ2n) is 3.35. The van der Waals surface area contributed by atoms with E-state index in [0.717, 1.165) is 21.7 Å². The first-order valence-corrected chi connectivity index (χ1v) is 6.74. The highest BCUT2D eigenvalue weighted by molar-refractivity contribution is 8.00. The van der Waals surface area contributed by atoms with Crippen molar-refractivity contribution in [2.24, 2.45) is 0 Å². The van der Waals surface area contributed by atoms with E-state index in [1.807, 2.05) is 6.92 Å². The van der Waals surface area contributed by atoms with Gasteiger partial charge >= 0.3 is 0 Å². The van der Waals surface area contributed by atoms with Gasteiger partial charge in [0.15, 0.2) is 0 Å². The Morgan fingerprint density at radius 2 is 2.38 bits per heavy atom. The molecular formula is C11H11N3S2. The molecule has 0 spiro atoms. The quantitative estimate of drug-likeness (QED) is 0.619. The van der Waals surface area contributed by atoms with Crippen LogP contribution in [0.25, 0.3) is 10.2 Å². The Labute approximate surface area is 103 Å². The summed E-state index contributed by atoms with van der Waals surface area (Å²) in [5, 5.41) is 10.7. The van der Waals surface area contributed by atoms with Crippen LogP contribution in [0.3, 0.4) is 0 Å². The molecule has 82 valence electrons. The van der Waals surface area contributed by atoms with E-state index < -0.39 is 0 Å². The smallest absolute Gasteiger partial charge is 0.128 e. The highest BCUT2D eigenvalue weighted by atomic mass is 32.2. The van der Waals surface area contributed by atoms with Crippen LogP contribution in [0.2, 0.25) is 0 Å². The van der Waals surface area contributed by atoms with E-state index in [4.69, 9.17) is 5.26 Å². The maximum atomic E-state index is 8.81. The van der Waals surface area contributed by atoms with Crippen molar-refractivity contribution in [2.45, 2.75) is 30.5 Å². The molecule has 0 bridgehead atoms. The molecule has 3 nitrogen and oxygen atoms in total. The molecule has 0 fully saturated rings. The Morgan fingerprint density at radius 1 is 1.56 bits per heavy atom. The van der Waals surface area contributed by atoms with E-state index in [1.54, 1.807) is 17.7 Å². The fourth-order valence-electron chi connectivity index (χ4n) is 1.35. The zero-order valence-electron chi connectivity index (χ0n) is 9.10. The van der Waals surface area contributed by atoms with Gasteiger partial charge in [-0.3, -0.25) is 0 Å². The monoisotopic (exact) mass is 249 g/mol. The van der Waals surface area contributed by atoms with Gasteiger partial charge in [-0.1, -0.05) is 18.7 Å². The third-order valence-electron chi connectivity index (χ3n) is 2.16. The van der Waals surface area contributed by atoms with Crippen molar-refractivity contribution in [3.8, 4) is 6.07 Å². The van der Waals surface area contributed by atoms with Gasteiger partial charge in [-0.25, -0.2) is 9.97 Å². The van der Waals surface area contributed by atoms with Crippen molar-refractivity contribution in [1.29, 1.82) is 5.26 Å². The van der Waals surface area contributed by atoms with E-state index in [1.165, 1.54) is 16.6 Å². The van der Waals surface area contributed by atoms with E-state index in [9.17, 15) is 0 Å². The fourth-order valence-corrected chi connectivity index (χ4v) is 3.12. The maximum absolute atomic E-state index is 8.81. The molecule has 0 unspecified atom stereocenters. The van der Waals surface area contributed by atoms with Gasteiger partial charge < -0.3 is 0 Å². The van der Waals surface area contributed by atoms with Crippen molar-refractivity contribution < 1.29 is 0 Å². The van der Waals surface area contributed by atoms with Crippen LogP contribution in [0.1, 0.15) is 18.7 Å². The Balaban J connectivity index is 2.45. The molecule has 0 aliphatic carbocycles. The predicted octanol–water partition coefficient (Wildman–Crippen LogP) is 3.26. The average molecular weight is 249 g/mol. The lowest BCUT2D eigenvalue weighted by atomic mass is 10.3. The zero-order chi connectivity index (χ0) is 11.5. The number of aromatic nitrogens is 2. The lowest BCUT2D eigenvalue weighted by molar-refractivity contribution is 1.10. The van der Waals surface area contributed by atoms with Crippen molar-refractivity contribution in [1.82, 2.24) is 9.97 Å². The summed E-state index contributed by atoms with van der Waals surface area (Å²) in [6.07, 6.45) is 2.59. The molecule has 5 heteroatoms. The largest absolute Gasteiger partial charge is 0.229 e. The van der Waals surface area contributed by atoms with Gasteiger partial charge in [-0.2, -0.15) is 5.26 Å². The van der Waals surface area contributed by atoms with E-state index >= 15 is 0 Å². The van der Waals surface area contributed by atoms with Crippen LogP contribution in [0.15, 0.2) is 17.4 Å². The van der Waals surface area contributed by atoms with Crippen molar-refractivity contribution in [2.75, 3.05) is 0 Å². The van der Waals surface area contributed by atoms with Crippen LogP contribution >= 0.6 is 23.1 Å². The third-order valence-corrected chi connectivity index (χ3v) is 4.36. The van der Waals surface area contributed by atoms with Crippen molar-refractivity contribution >= 4 is 33.3 Å². The number of thioether (sulfide) groups is 1. The Hall–Kier alpha value is -1.12. The lowest BCUT2D eigenvalue weighted by Gasteiger charge is -2.01. The van der Waals surface area contributed by atoms with Gasteiger partial charge in [0, 0.05) is 10.3 Å². The topological polar surface area (TPSA) is 49.6 Å². The summed E-state index contributed by atoms with van der Waals surface area (Å²) in [4.78, 5) is 10.8. The number of aryl methyl sites for hydroxylation is 1. The van der Waals surface area contributed by atoms with Crippen molar-refractivity contribution in [3.63, 3.8) is 0 Å². The van der Waals surface area contributed by atoms with Gasteiger partial charge in [0.05, 0.1) is 11.3 Å². The van der Waals surface area contributed by atoms with Crippen LogP contribution in [0, 0.1) is 11.3 Å². The molecule has 1 atom stereocenters. The molecule has 2 heterocycles. The first-order chi connectivity index (χ1) is 7.74. The Kier molecular flexibility index (Phi) is 3.42. The van der Waals surface area contributed by atoms with Gasteiger partial charge in [-0.15, -0.1) is 11.3 Å². The predicted molar refractivity (Wildman–Crippen MR) is 67.7 cm³/mol. The Bertz CT molecular complexity index is 542. The molecule has 0 aliphatic heterocycles. The molecule has 0 amide bonds. The normalized spacial score (nSPS) is 12.6. The zero-order valence-corrected chi connectivity index (χ0v) is 10.7. The van der Waals surface area contributed by atoms with E-state index in [-0.39, 0.29) is 5.25 Å². The molecule has 0 aliphatic rings. The number of fused-ring (bicyclic) bond motifs is 1. The molecule has 0 saturated carbocycles. The number of rotatable bonds is 3. The highest BCUT2D eigenvalue weighted by Gasteiger charge is 2.11. The molecule has 0 radical (unpaired) electrons. The summed E-state index contributed by atoms with van der Waals surface area (Å²) >= 11 is 3.19. The summed E-state index contributed by atoms with van der Waals surface area (Å²) in [6, 6.07) is 4.34. The van der Waals surface area contributed by atoms with Crippen molar-refractivity contribution in [3.05, 3.63) is 17.3 Å². The van der Waals surface area contributed by atoms with Gasteiger partial charge in [0.25, 0.3) is 0 Å². The minimum absolute atomic E-state index is 0.0805. The second kappa shape index (κ2) is 4.81. The third kappa shape index (κ3) is 2.18. The molecule has 0 aromatic carbocycles. The average Bonchev–Trinajstić information content (AvgIpc) is 2.73. The summed E-state index contributed by atoms with van der Waals surface area (Å²) in [6.45, 7) is 4.01. The van der Waals surface area contributed by atoms with Crippen LogP contribution < -0.4 is 0 Å². The van der Waals surface area contributed by atoms with E-state index in [0.29, 0.717) is 0 Å². The summed E-state index contributed by atoms with van der Waals surface area (Å²) in [7, 11) is 0. The summed E-state index contributed by atoms with van der Waals surface area (Å²) < 4.78 is 0. The minimum Gasteiger partial charge on any atom is -0.229 e. The number of nitrogens with zero attached hydrogens (tertiary/aromatic N) is 3. The standard InChI is InChI=1S/C11H11N3S2/c1-3-8-4-9-10(15-7(2)5-12)13-6-14-11(9)16-8/h4,6-7H,3H2,1-2H3/t7-/m0/s1. The van der Waals surface area contributed by atoms with Crippen LogP contribution in [0.4, 0.5) is 0 Å². The molecule has 2 aromatic heterocycles. The number of hydrogen-bond donors (Lipinski definition) is 0. The lowest BCUT2D eigenvalue weighted by Crippen LogP contribution is -1.92. The highest BCUT2D eigenvalue weighted by Crippen LogP contribution is 2.32. The van der Waals surface area contributed by atoms with Gasteiger partial charge in [-0.05, 0) is 19.4 Å². The summed E-state index contributed by atoms with van der Waals surface area (Å²) in [5.41, 5.74) is 0. The molecule has 0 saturated heterocycles. The molecular weight excluding hydrogens is 238 g/mol. The molecule has 0 N–H and O–H groups in total. The number of thiophene rings is 1. The number of nitriles is 1. The molecule has 2 aromatic rings. The first kappa shape index (κ1) is 11.4. The number of hydrogen-bond acceptors (Lipinski definition) is 5. The maximum Gasteiger partial charge on any atom is 0.128 e. The van der Waals surface area contributed by atoms with Gasteiger partial charge in [0.2, 0.25) is 0 Å². The minimum atomic E-state index is -0.0805. The molecule has 2 rings (SSSR count). The SMILES string of the molecule is CCc1cc2c(S[C@@H](C)C#N)ncnc2s1. The Morgan fingerprint density at radius 3 is 3.06 bits per heavy atom. The van der Waals surface area contributed by atoms with Crippen LogP contribution in [0.5, 0.6) is 0 Å². The fraction of sp³-hybridized carbons (Fsp3) is 0.364. The summed E-state index contributed by atoms with van der Waals surface area (Å²) in [5.74, 6) is 0. The van der Waals surface area contributed by atoms with Gasteiger partial charge in [0.1, 0.15) is 16.2 Å². The second-order valence-corrected chi connectivity index (χ2v) is 5.80. The van der Waals surface area contributed by atoms with Crippen LogP contribution in [-0.4, -0.2) is 15.2 Å². The van der Waals surface area contributed by atoms with E-state index in [2.05, 4.69) is 29.0 Å². The van der Waals surface area contributed by atoms with Crippen LogP contribution in [-0.2, 0) is 6.42 Å².